The topological polar surface area (TPSA) is 55.4 Å². The molecule has 1 atom stereocenters. The predicted molar refractivity (Wildman–Crippen MR) is 82.4 cm³/mol. The number of allylic oxidation sites excluding steroid dienone is 1. The smallest absolute Gasteiger partial charge is 0.329 e. The molecule has 0 saturated heterocycles. The minimum atomic E-state index is -0.619. The molecule has 0 radical (unpaired) electrons. The van der Waals surface area contributed by atoms with Gasteiger partial charge in [0.2, 0.25) is 5.91 Å². The van der Waals surface area contributed by atoms with E-state index in [1.54, 1.807) is 6.08 Å². The maximum absolute atomic E-state index is 12.1. The van der Waals surface area contributed by atoms with E-state index in [9.17, 15) is 9.59 Å². The van der Waals surface area contributed by atoms with E-state index >= 15 is 0 Å². The molecule has 0 heterocycles. The maximum Gasteiger partial charge on any atom is 0.329 e. The predicted octanol–water partition coefficient (Wildman–Crippen LogP) is 2.84. The molecule has 1 N–H and O–H groups in total. The van der Waals surface area contributed by atoms with Crippen molar-refractivity contribution in [3.05, 3.63) is 48.6 Å². The van der Waals surface area contributed by atoms with Gasteiger partial charge in [-0.3, -0.25) is 4.79 Å². The quantitative estimate of drug-likeness (QED) is 0.591. The lowest BCUT2D eigenvalue weighted by Gasteiger charge is -2.20. The Morgan fingerprint density at radius 1 is 1.29 bits per heavy atom. The van der Waals surface area contributed by atoms with Crippen molar-refractivity contribution in [3.63, 3.8) is 0 Å². The van der Waals surface area contributed by atoms with E-state index < -0.39 is 12.0 Å². The van der Waals surface area contributed by atoms with Gasteiger partial charge >= 0.3 is 5.97 Å². The van der Waals surface area contributed by atoms with Crippen LogP contribution in [0.25, 0.3) is 0 Å². The van der Waals surface area contributed by atoms with Crippen LogP contribution in [-0.4, -0.2) is 17.9 Å². The van der Waals surface area contributed by atoms with Gasteiger partial charge in [-0.1, -0.05) is 50.3 Å². The van der Waals surface area contributed by atoms with E-state index in [4.69, 9.17) is 4.74 Å². The van der Waals surface area contributed by atoms with Gasteiger partial charge in [0.1, 0.15) is 12.6 Å². The summed E-state index contributed by atoms with van der Waals surface area (Å²) < 4.78 is 5.28. The molecule has 0 aliphatic heterocycles. The largest absolute Gasteiger partial charge is 0.459 e. The lowest BCUT2D eigenvalue weighted by Crippen LogP contribution is -2.45. The summed E-state index contributed by atoms with van der Waals surface area (Å²) in [6.07, 6.45) is 2.60. The lowest BCUT2D eigenvalue weighted by atomic mass is 10.0. The second kappa shape index (κ2) is 8.95. The zero-order valence-electron chi connectivity index (χ0n) is 12.7. The van der Waals surface area contributed by atoms with Gasteiger partial charge in [0.25, 0.3) is 0 Å². The van der Waals surface area contributed by atoms with E-state index in [0.717, 1.165) is 5.56 Å². The molecule has 0 unspecified atom stereocenters. The lowest BCUT2D eigenvalue weighted by molar-refractivity contribution is -0.150. The first-order chi connectivity index (χ1) is 10.0. The highest BCUT2D eigenvalue weighted by atomic mass is 16.5. The van der Waals surface area contributed by atoms with Gasteiger partial charge in [0.05, 0.1) is 0 Å². The Morgan fingerprint density at radius 2 is 1.95 bits per heavy atom. The van der Waals surface area contributed by atoms with Crippen LogP contribution >= 0.6 is 0 Å². The zero-order chi connectivity index (χ0) is 15.7. The molecule has 21 heavy (non-hydrogen) atoms. The number of nitrogens with one attached hydrogen (secondary N) is 1. The number of amides is 1. The van der Waals surface area contributed by atoms with Crippen LogP contribution in [0.15, 0.2) is 43.0 Å². The molecule has 1 rings (SSSR count). The van der Waals surface area contributed by atoms with Gasteiger partial charge in [-0.05, 0) is 17.9 Å². The minimum Gasteiger partial charge on any atom is -0.459 e. The molecule has 0 aliphatic carbocycles. The fourth-order valence-corrected chi connectivity index (χ4v) is 1.80. The number of rotatable bonds is 8. The third-order valence-corrected chi connectivity index (χ3v) is 3.04. The van der Waals surface area contributed by atoms with Crippen LogP contribution in [-0.2, 0) is 20.9 Å². The summed E-state index contributed by atoms with van der Waals surface area (Å²) in [5.41, 5.74) is 0.923. The summed E-state index contributed by atoms with van der Waals surface area (Å²) in [6, 6.07) is 8.84. The summed E-state index contributed by atoms with van der Waals surface area (Å²) >= 11 is 0. The van der Waals surface area contributed by atoms with Crippen LogP contribution < -0.4 is 5.32 Å². The molecule has 1 aromatic carbocycles. The van der Waals surface area contributed by atoms with Crippen molar-refractivity contribution < 1.29 is 14.3 Å². The Balaban J connectivity index is 2.53. The van der Waals surface area contributed by atoms with Crippen molar-refractivity contribution in [1.82, 2.24) is 5.32 Å². The number of carbonyl (C=O) groups is 2. The van der Waals surface area contributed by atoms with Crippen LogP contribution in [0, 0.1) is 5.92 Å². The standard InChI is InChI=1S/C17H23NO3/c1-4-5-11-15(19)18-16(13(2)3)17(20)21-12-14-9-7-6-8-10-14/h4,6-10,13,16H,1,5,11-12H2,2-3H3,(H,18,19)/t16-/m0/s1. The van der Waals surface area contributed by atoms with E-state index in [1.165, 1.54) is 0 Å². The molecule has 4 heteroatoms. The minimum absolute atomic E-state index is 0.0269. The Morgan fingerprint density at radius 3 is 2.52 bits per heavy atom. The Hall–Kier alpha value is -2.10. The molecular formula is C17H23NO3. The van der Waals surface area contributed by atoms with E-state index in [2.05, 4.69) is 11.9 Å². The van der Waals surface area contributed by atoms with Crippen LogP contribution in [0.3, 0.4) is 0 Å². The van der Waals surface area contributed by atoms with Crippen LogP contribution in [0.2, 0.25) is 0 Å². The number of hydrogen-bond donors (Lipinski definition) is 1. The molecule has 0 fully saturated rings. The number of esters is 1. The molecule has 0 spiro atoms. The normalized spacial score (nSPS) is 11.8. The van der Waals surface area contributed by atoms with E-state index in [0.29, 0.717) is 12.8 Å². The molecule has 114 valence electrons. The van der Waals surface area contributed by atoms with Gasteiger partial charge in [0, 0.05) is 6.42 Å². The molecule has 1 aromatic rings. The Kier molecular flexibility index (Phi) is 7.23. The van der Waals surface area contributed by atoms with Gasteiger partial charge in [0.15, 0.2) is 0 Å². The number of benzene rings is 1. The van der Waals surface area contributed by atoms with Crippen LogP contribution in [0.1, 0.15) is 32.3 Å². The third kappa shape index (κ3) is 6.25. The van der Waals surface area contributed by atoms with Gasteiger partial charge < -0.3 is 10.1 Å². The first kappa shape index (κ1) is 17.0. The number of ether oxygens (including phenoxy) is 1. The highest BCUT2D eigenvalue weighted by Crippen LogP contribution is 2.08. The highest BCUT2D eigenvalue weighted by Gasteiger charge is 2.25. The molecule has 1 amide bonds. The van der Waals surface area contributed by atoms with E-state index in [1.807, 2.05) is 44.2 Å². The van der Waals surface area contributed by atoms with Gasteiger partial charge in [-0.2, -0.15) is 0 Å². The van der Waals surface area contributed by atoms with Crippen molar-refractivity contribution in [2.24, 2.45) is 5.92 Å². The molecule has 0 aromatic heterocycles. The monoisotopic (exact) mass is 289 g/mol. The Labute approximate surface area is 126 Å². The molecular weight excluding hydrogens is 266 g/mol. The molecule has 4 nitrogen and oxygen atoms in total. The number of carbonyl (C=O) groups excluding carboxylic acids is 2. The van der Waals surface area contributed by atoms with Gasteiger partial charge in [-0.25, -0.2) is 4.79 Å². The maximum atomic E-state index is 12.1. The summed E-state index contributed by atoms with van der Waals surface area (Å²) in [7, 11) is 0. The van der Waals surface area contributed by atoms with Crippen molar-refractivity contribution in [3.8, 4) is 0 Å². The average Bonchev–Trinajstić information content (AvgIpc) is 2.49. The van der Waals surface area contributed by atoms with Gasteiger partial charge in [-0.15, -0.1) is 6.58 Å². The van der Waals surface area contributed by atoms with Crippen molar-refractivity contribution >= 4 is 11.9 Å². The van der Waals surface area contributed by atoms with Crippen molar-refractivity contribution in [1.29, 1.82) is 0 Å². The van der Waals surface area contributed by atoms with Crippen LogP contribution in [0.5, 0.6) is 0 Å². The summed E-state index contributed by atoms with van der Waals surface area (Å²) in [5.74, 6) is -0.591. The summed E-state index contributed by atoms with van der Waals surface area (Å²) in [4.78, 5) is 23.8. The van der Waals surface area contributed by atoms with Crippen molar-refractivity contribution in [2.75, 3.05) is 0 Å². The first-order valence-electron chi connectivity index (χ1n) is 7.15. The summed E-state index contributed by atoms with van der Waals surface area (Å²) in [6.45, 7) is 7.54. The Bertz CT molecular complexity index is 468. The molecule has 0 aliphatic rings. The van der Waals surface area contributed by atoms with Crippen molar-refractivity contribution in [2.45, 2.75) is 39.3 Å². The molecule has 0 saturated carbocycles. The third-order valence-electron chi connectivity index (χ3n) is 3.04. The zero-order valence-corrected chi connectivity index (χ0v) is 12.7. The first-order valence-corrected chi connectivity index (χ1v) is 7.15. The van der Waals surface area contributed by atoms with E-state index in [-0.39, 0.29) is 18.4 Å². The highest BCUT2D eigenvalue weighted by molar-refractivity contribution is 5.84. The number of hydrogen-bond acceptors (Lipinski definition) is 3. The second-order valence-corrected chi connectivity index (χ2v) is 5.21. The SMILES string of the molecule is C=CCCC(=O)N[C@H](C(=O)OCc1ccccc1)C(C)C. The summed E-state index contributed by atoms with van der Waals surface area (Å²) in [5, 5.41) is 2.73. The average molecular weight is 289 g/mol. The fourth-order valence-electron chi connectivity index (χ4n) is 1.80. The van der Waals surface area contributed by atoms with Crippen LogP contribution in [0.4, 0.5) is 0 Å². The second-order valence-electron chi connectivity index (χ2n) is 5.21. The fraction of sp³-hybridized carbons (Fsp3) is 0.412. The molecule has 0 bridgehead atoms.